The number of hydrogen-bond donors (Lipinski definition) is 1. The normalized spacial score (nSPS) is 15.5. The van der Waals surface area contributed by atoms with Crippen LogP contribution in [0, 0.1) is 0 Å². The van der Waals surface area contributed by atoms with E-state index in [9.17, 15) is 5.11 Å². The molecule has 1 aromatic heterocycles. The van der Waals surface area contributed by atoms with E-state index < -0.39 is 0 Å². The second-order valence-electron chi connectivity index (χ2n) is 6.42. The summed E-state index contributed by atoms with van der Waals surface area (Å²) in [6.45, 7) is 1.70. The van der Waals surface area contributed by atoms with Gasteiger partial charge in [-0.1, -0.05) is 29.8 Å². The zero-order chi connectivity index (χ0) is 17.2. The average Bonchev–Trinajstić information content (AvgIpc) is 2.64. The second kappa shape index (κ2) is 6.81. The summed E-state index contributed by atoms with van der Waals surface area (Å²) in [5.41, 5.74) is 2.55. The lowest BCUT2D eigenvalue weighted by atomic mass is 10.0. The van der Waals surface area contributed by atoms with Crippen molar-refractivity contribution in [1.82, 2.24) is 4.98 Å². The van der Waals surface area contributed by atoms with Gasteiger partial charge >= 0.3 is 0 Å². The Morgan fingerprint density at radius 2 is 1.76 bits per heavy atom. The molecule has 4 nitrogen and oxygen atoms in total. The third kappa shape index (κ3) is 3.49. The number of hydrogen-bond acceptors (Lipinski definition) is 3. The predicted octanol–water partition coefficient (Wildman–Crippen LogP) is 5.11. The first-order chi connectivity index (χ1) is 12.2. The molecule has 4 rings (SSSR count). The van der Waals surface area contributed by atoms with Crippen LogP contribution in [0.25, 0.3) is 10.9 Å². The molecule has 0 bridgehead atoms. The zero-order valence-corrected chi connectivity index (χ0v) is 14.5. The van der Waals surface area contributed by atoms with Crippen LogP contribution in [0.4, 0.5) is 11.4 Å². The number of fused-ring (bicyclic) bond motifs is 1. The minimum Gasteiger partial charge on any atom is -0.382 e. The van der Waals surface area contributed by atoms with E-state index in [0.717, 1.165) is 47.5 Å². The third-order valence-corrected chi connectivity index (χ3v) is 4.97. The monoisotopic (exact) mass is 352 g/mol. The number of pyridine rings is 1. The Labute approximate surface area is 152 Å². The number of aromatic nitrogens is 1. The topological polar surface area (TPSA) is 48.1 Å². The van der Waals surface area contributed by atoms with Gasteiger partial charge in [0.15, 0.2) is 0 Å². The maximum Gasteiger partial charge on any atom is 0.293 e. The van der Waals surface area contributed by atoms with E-state index in [0.29, 0.717) is 11.7 Å². The highest BCUT2D eigenvalue weighted by Crippen LogP contribution is 2.32. The van der Waals surface area contributed by atoms with Gasteiger partial charge in [0.25, 0.3) is 5.88 Å². The number of benzene rings is 2. The Kier molecular flexibility index (Phi) is 4.36. The Hall–Kier alpha value is -2.46. The molecule has 127 valence electrons. The number of halogens is 1. The highest BCUT2D eigenvalue weighted by molar-refractivity contribution is 6.30. The number of para-hydroxylation sites is 1. The highest BCUT2D eigenvalue weighted by atomic mass is 35.5. The van der Waals surface area contributed by atoms with Crippen LogP contribution in [0.5, 0.6) is 5.88 Å². The maximum atomic E-state index is 12.4. The number of nitrogens with one attached hydrogen (secondary N) is 1. The molecule has 0 amide bonds. The largest absolute Gasteiger partial charge is 0.382 e. The third-order valence-electron chi connectivity index (χ3n) is 4.72. The van der Waals surface area contributed by atoms with Crippen LogP contribution < -0.4 is 10.2 Å². The van der Waals surface area contributed by atoms with Crippen molar-refractivity contribution < 1.29 is 5.11 Å². The van der Waals surface area contributed by atoms with Gasteiger partial charge in [-0.15, -0.1) is 0 Å². The molecule has 0 aliphatic carbocycles. The van der Waals surface area contributed by atoms with Crippen molar-refractivity contribution in [3.05, 3.63) is 59.6 Å². The SMILES string of the molecule is [O]c1nc2ccccc2cc1N1CCC(Nc2ccc(Cl)cc2)CC1. The number of nitrogens with zero attached hydrogens (tertiary/aromatic N) is 2. The molecule has 0 saturated carbocycles. The Morgan fingerprint density at radius 1 is 1.04 bits per heavy atom. The van der Waals surface area contributed by atoms with Gasteiger partial charge in [0, 0.05) is 35.2 Å². The van der Waals surface area contributed by atoms with Crippen molar-refractivity contribution in [3.63, 3.8) is 0 Å². The molecule has 2 heterocycles. The fourth-order valence-electron chi connectivity index (χ4n) is 3.36. The van der Waals surface area contributed by atoms with Gasteiger partial charge in [0.2, 0.25) is 0 Å². The molecule has 1 radical (unpaired) electrons. The molecule has 25 heavy (non-hydrogen) atoms. The minimum atomic E-state index is -0.136. The standard InChI is InChI=1S/C20H19ClN3O/c21-15-5-7-16(8-6-15)22-17-9-11-24(12-10-17)19-13-14-3-1-2-4-18(14)23-20(19)25/h1-8,13,17,22H,9-12H2. The summed E-state index contributed by atoms with van der Waals surface area (Å²) in [4.78, 5) is 6.38. The van der Waals surface area contributed by atoms with E-state index in [1.807, 2.05) is 54.6 Å². The molecule has 0 spiro atoms. The van der Waals surface area contributed by atoms with Crippen molar-refractivity contribution in [2.45, 2.75) is 18.9 Å². The first kappa shape index (κ1) is 16.0. The lowest BCUT2D eigenvalue weighted by Gasteiger charge is -2.34. The highest BCUT2D eigenvalue weighted by Gasteiger charge is 2.22. The van der Waals surface area contributed by atoms with Gasteiger partial charge in [-0.2, -0.15) is 0 Å². The first-order valence-electron chi connectivity index (χ1n) is 8.53. The van der Waals surface area contributed by atoms with E-state index in [-0.39, 0.29) is 5.88 Å². The summed E-state index contributed by atoms with van der Waals surface area (Å²) in [5, 5.41) is 17.7. The van der Waals surface area contributed by atoms with Crippen LogP contribution in [0.1, 0.15) is 12.8 Å². The maximum absolute atomic E-state index is 12.4. The van der Waals surface area contributed by atoms with Gasteiger partial charge in [-0.25, -0.2) is 4.98 Å². The minimum absolute atomic E-state index is 0.136. The second-order valence-corrected chi connectivity index (χ2v) is 6.85. The van der Waals surface area contributed by atoms with Gasteiger partial charge in [0.1, 0.15) is 5.69 Å². The molecule has 1 aliphatic heterocycles. The smallest absolute Gasteiger partial charge is 0.293 e. The first-order valence-corrected chi connectivity index (χ1v) is 8.91. The Bertz CT molecular complexity index is 874. The van der Waals surface area contributed by atoms with Crippen molar-refractivity contribution >= 4 is 33.9 Å². The van der Waals surface area contributed by atoms with Gasteiger partial charge < -0.3 is 10.2 Å². The van der Waals surface area contributed by atoms with E-state index in [2.05, 4.69) is 15.2 Å². The Balaban J connectivity index is 1.45. The van der Waals surface area contributed by atoms with Crippen LogP contribution in [-0.2, 0) is 5.11 Å². The van der Waals surface area contributed by atoms with Crippen LogP contribution >= 0.6 is 11.6 Å². The summed E-state index contributed by atoms with van der Waals surface area (Å²) in [5.74, 6) is -0.136. The quantitative estimate of drug-likeness (QED) is 0.712. The van der Waals surface area contributed by atoms with Gasteiger partial charge in [0.05, 0.1) is 5.52 Å². The van der Waals surface area contributed by atoms with E-state index in [1.54, 1.807) is 0 Å². The average molecular weight is 353 g/mol. The molecule has 1 aliphatic rings. The fraction of sp³-hybridized carbons (Fsp3) is 0.250. The Morgan fingerprint density at radius 3 is 2.52 bits per heavy atom. The molecule has 3 aromatic rings. The van der Waals surface area contributed by atoms with Gasteiger partial charge in [-0.3, -0.25) is 5.11 Å². The van der Waals surface area contributed by atoms with Crippen LogP contribution in [0.2, 0.25) is 5.02 Å². The molecule has 1 fully saturated rings. The molecular formula is C20H19ClN3O. The molecule has 1 saturated heterocycles. The lowest BCUT2D eigenvalue weighted by molar-refractivity contribution is 0.338. The van der Waals surface area contributed by atoms with Crippen molar-refractivity contribution in [2.24, 2.45) is 0 Å². The van der Waals surface area contributed by atoms with E-state index in [4.69, 9.17) is 11.6 Å². The summed E-state index contributed by atoms with van der Waals surface area (Å²) < 4.78 is 0. The van der Waals surface area contributed by atoms with Crippen molar-refractivity contribution in [1.29, 1.82) is 0 Å². The van der Waals surface area contributed by atoms with Crippen molar-refractivity contribution in [3.8, 4) is 5.88 Å². The van der Waals surface area contributed by atoms with Crippen LogP contribution in [-0.4, -0.2) is 24.1 Å². The van der Waals surface area contributed by atoms with E-state index >= 15 is 0 Å². The number of piperidine rings is 1. The van der Waals surface area contributed by atoms with Gasteiger partial charge in [-0.05, 0) is 49.2 Å². The fourth-order valence-corrected chi connectivity index (χ4v) is 3.49. The molecule has 1 N–H and O–H groups in total. The van der Waals surface area contributed by atoms with Crippen LogP contribution in [0.3, 0.4) is 0 Å². The zero-order valence-electron chi connectivity index (χ0n) is 13.8. The molecule has 2 aromatic carbocycles. The number of rotatable bonds is 3. The van der Waals surface area contributed by atoms with E-state index in [1.165, 1.54) is 0 Å². The summed E-state index contributed by atoms with van der Waals surface area (Å²) in [6.07, 6.45) is 1.96. The summed E-state index contributed by atoms with van der Waals surface area (Å²) in [7, 11) is 0. The number of anilines is 2. The molecule has 0 unspecified atom stereocenters. The summed E-state index contributed by atoms with van der Waals surface area (Å²) in [6, 6.07) is 17.9. The van der Waals surface area contributed by atoms with Crippen molar-refractivity contribution in [2.75, 3.05) is 23.3 Å². The predicted molar refractivity (Wildman–Crippen MR) is 102 cm³/mol. The lowest BCUT2D eigenvalue weighted by Crippen LogP contribution is -2.39. The van der Waals surface area contributed by atoms with Crippen LogP contribution in [0.15, 0.2) is 54.6 Å². The summed E-state index contributed by atoms with van der Waals surface area (Å²) >= 11 is 5.93. The molecule has 5 heteroatoms. The molecule has 0 atom stereocenters. The molecular weight excluding hydrogens is 334 g/mol.